The molecule has 0 amide bonds. The number of hydrogen-bond donors (Lipinski definition) is 1. The van der Waals surface area contributed by atoms with Crippen molar-refractivity contribution in [1.82, 2.24) is 10.2 Å². The lowest BCUT2D eigenvalue weighted by Gasteiger charge is -2.08. The molecule has 1 unspecified atom stereocenters. The normalized spacial score (nSPS) is 12.4. The van der Waals surface area contributed by atoms with Crippen molar-refractivity contribution in [3.63, 3.8) is 0 Å². The van der Waals surface area contributed by atoms with E-state index in [1.807, 2.05) is 0 Å². The van der Waals surface area contributed by atoms with E-state index in [1.165, 1.54) is 11.8 Å². The number of esters is 1. The van der Waals surface area contributed by atoms with Gasteiger partial charge in [0.05, 0.1) is 6.61 Å². The molecule has 0 saturated heterocycles. The maximum atomic E-state index is 11.2. The van der Waals surface area contributed by atoms with E-state index in [-0.39, 0.29) is 5.97 Å². The van der Waals surface area contributed by atoms with Gasteiger partial charge < -0.3 is 14.9 Å². The molecule has 16 heavy (non-hydrogen) atoms. The smallest absolute Gasteiger partial charge is 0.322 e. The fraction of sp³-hybridized carbons (Fsp3) is 0.667. The van der Waals surface area contributed by atoms with Gasteiger partial charge in [0.2, 0.25) is 5.89 Å². The molecule has 6 nitrogen and oxygen atoms in total. The van der Waals surface area contributed by atoms with Crippen LogP contribution in [0.2, 0.25) is 0 Å². The molecule has 7 heteroatoms. The third-order valence-corrected chi connectivity index (χ3v) is 2.60. The Morgan fingerprint density at radius 1 is 1.62 bits per heavy atom. The van der Waals surface area contributed by atoms with Crippen LogP contribution in [-0.4, -0.2) is 34.6 Å². The third kappa shape index (κ3) is 4.19. The molecule has 0 aromatic carbocycles. The number of nitrogens with two attached hydrogens (primary N) is 1. The van der Waals surface area contributed by atoms with Crippen molar-refractivity contribution in [2.45, 2.75) is 31.5 Å². The summed E-state index contributed by atoms with van der Waals surface area (Å²) in [5.74, 6) is 0.795. The zero-order valence-electron chi connectivity index (χ0n) is 9.30. The molecule has 90 valence electrons. The van der Waals surface area contributed by atoms with Gasteiger partial charge in [-0.15, -0.1) is 10.2 Å². The maximum Gasteiger partial charge on any atom is 0.322 e. The van der Waals surface area contributed by atoms with E-state index < -0.39 is 6.04 Å². The summed E-state index contributed by atoms with van der Waals surface area (Å²) in [6.45, 7) is 3.82. The molecule has 0 fully saturated rings. The van der Waals surface area contributed by atoms with Crippen LogP contribution < -0.4 is 5.73 Å². The van der Waals surface area contributed by atoms with Gasteiger partial charge in [-0.3, -0.25) is 4.79 Å². The average Bonchev–Trinajstić information content (AvgIpc) is 2.64. The fourth-order valence-corrected chi connectivity index (χ4v) is 1.80. The van der Waals surface area contributed by atoms with Gasteiger partial charge in [0.15, 0.2) is 0 Å². The first kappa shape index (κ1) is 13.0. The first-order valence-corrected chi connectivity index (χ1v) is 5.97. The lowest BCUT2D eigenvalue weighted by molar-refractivity contribution is -0.144. The van der Waals surface area contributed by atoms with Gasteiger partial charge in [0, 0.05) is 12.7 Å². The van der Waals surface area contributed by atoms with Crippen LogP contribution in [0.15, 0.2) is 9.64 Å². The summed E-state index contributed by atoms with van der Waals surface area (Å²) in [5.41, 5.74) is 5.62. The molecule has 0 spiro atoms. The van der Waals surface area contributed by atoms with Gasteiger partial charge in [-0.2, -0.15) is 0 Å². The molecule has 0 aliphatic rings. The summed E-state index contributed by atoms with van der Waals surface area (Å²) in [4.78, 5) is 11.2. The summed E-state index contributed by atoms with van der Waals surface area (Å²) in [6, 6.07) is -0.587. The van der Waals surface area contributed by atoms with E-state index in [1.54, 1.807) is 13.8 Å². The molecule has 1 aromatic rings. The Morgan fingerprint density at radius 3 is 2.94 bits per heavy atom. The van der Waals surface area contributed by atoms with Crippen LogP contribution in [0, 0.1) is 6.92 Å². The number of nitrogens with zero attached hydrogens (tertiary/aromatic N) is 2. The second-order valence-corrected chi connectivity index (χ2v) is 4.13. The summed E-state index contributed by atoms with van der Waals surface area (Å²) >= 11 is 1.38. The summed E-state index contributed by atoms with van der Waals surface area (Å²) in [6.07, 6.45) is 0.519. The Balaban J connectivity index is 2.22. The van der Waals surface area contributed by atoms with Crippen LogP contribution in [0.25, 0.3) is 0 Å². The number of carbonyl (C=O) groups excluding carboxylic acids is 1. The van der Waals surface area contributed by atoms with Crippen LogP contribution in [0.1, 0.15) is 19.2 Å². The second-order valence-electron chi connectivity index (χ2n) is 3.08. The third-order valence-electron chi connectivity index (χ3n) is 1.75. The average molecular weight is 245 g/mol. The van der Waals surface area contributed by atoms with E-state index in [0.717, 1.165) is 0 Å². The molecule has 0 saturated carbocycles. The van der Waals surface area contributed by atoms with Crippen molar-refractivity contribution < 1.29 is 13.9 Å². The molecule has 1 atom stereocenters. The number of thioether (sulfide) groups is 1. The Labute approximate surface area is 97.9 Å². The predicted octanol–water partition coefficient (Wildman–Crippen LogP) is 0.751. The molecule has 1 heterocycles. The second kappa shape index (κ2) is 6.49. The number of aryl methyl sites for hydroxylation is 1. The van der Waals surface area contributed by atoms with E-state index in [4.69, 9.17) is 14.9 Å². The largest absolute Gasteiger partial charge is 0.465 e. The monoisotopic (exact) mass is 245 g/mol. The Morgan fingerprint density at radius 2 is 2.38 bits per heavy atom. The van der Waals surface area contributed by atoms with Gasteiger partial charge in [0.25, 0.3) is 5.22 Å². The number of aromatic nitrogens is 2. The van der Waals surface area contributed by atoms with Crippen LogP contribution in [0.3, 0.4) is 0 Å². The SMILES string of the molecule is CCOC(=O)C(N)CCSc1nnc(C)o1. The number of ether oxygens (including phenoxy) is 1. The summed E-state index contributed by atoms with van der Waals surface area (Å²) in [5, 5.41) is 8.00. The summed E-state index contributed by atoms with van der Waals surface area (Å²) in [7, 11) is 0. The van der Waals surface area contributed by atoms with Crippen molar-refractivity contribution in [3.8, 4) is 0 Å². The van der Waals surface area contributed by atoms with Gasteiger partial charge in [-0.05, 0) is 13.3 Å². The van der Waals surface area contributed by atoms with E-state index in [9.17, 15) is 4.79 Å². The topological polar surface area (TPSA) is 91.2 Å². The van der Waals surface area contributed by atoms with Gasteiger partial charge in [-0.1, -0.05) is 11.8 Å². The molecule has 2 N–H and O–H groups in total. The van der Waals surface area contributed by atoms with E-state index in [0.29, 0.717) is 29.9 Å². The van der Waals surface area contributed by atoms with Crippen LogP contribution in [-0.2, 0) is 9.53 Å². The minimum absolute atomic E-state index is 0.350. The van der Waals surface area contributed by atoms with Crippen LogP contribution >= 0.6 is 11.8 Å². The maximum absolute atomic E-state index is 11.2. The lowest BCUT2D eigenvalue weighted by atomic mass is 10.2. The highest BCUT2D eigenvalue weighted by Gasteiger charge is 2.14. The van der Waals surface area contributed by atoms with E-state index >= 15 is 0 Å². The Kier molecular flexibility index (Phi) is 5.27. The highest BCUT2D eigenvalue weighted by atomic mass is 32.2. The van der Waals surface area contributed by atoms with Crippen molar-refractivity contribution in [1.29, 1.82) is 0 Å². The minimum Gasteiger partial charge on any atom is -0.465 e. The molecular formula is C9H15N3O3S. The predicted molar refractivity (Wildman–Crippen MR) is 59.0 cm³/mol. The standard InChI is InChI=1S/C9H15N3O3S/c1-3-14-8(13)7(10)4-5-16-9-12-11-6(2)15-9/h7H,3-5,10H2,1-2H3. The first-order chi connectivity index (χ1) is 7.63. The molecule has 0 aliphatic carbocycles. The Hall–Kier alpha value is -1.08. The summed E-state index contributed by atoms with van der Waals surface area (Å²) < 4.78 is 9.94. The minimum atomic E-state index is -0.587. The van der Waals surface area contributed by atoms with Crippen LogP contribution in [0.5, 0.6) is 0 Å². The van der Waals surface area contributed by atoms with E-state index in [2.05, 4.69) is 10.2 Å². The molecule has 0 aliphatic heterocycles. The molecule has 1 aromatic heterocycles. The van der Waals surface area contributed by atoms with Crippen molar-refractivity contribution >= 4 is 17.7 Å². The number of rotatable bonds is 6. The van der Waals surface area contributed by atoms with Gasteiger partial charge in [-0.25, -0.2) is 0 Å². The number of hydrogen-bond acceptors (Lipinski definition) is 7. The highest BCUT2D eigenvalue weighted by molar-refractivity contribution is 7.99. The van der Waals surface area contributed by atoms with Crippen molar-refractivity contribution in [2.24, 2.45) is 5.73 Å². The lowest BCUT2D eigenvalue weighted by Crippen LogP contribution is -2.32. The number of carbonyl (C=O) groups is 1. The molecular weight excluding hydrogens is 230 g/mol. The van der Waals surface area contributed by atoms with Crippen LogP contribution in [0.4, 0.5) is 0 Å². The molecule has 0 radical (unpaired) electrons. The fourth-order valence-electron chi connectivity index (χ4n) is 0.977. The Bertz CT molecular complexity index is 342. The zero-order chi connectivity index (χ0) is 12.0. The quantitative estimate of drug-likeness (QED) is 0.584. The van der Waals surface area contributed by atoms with Crippen molar-refractivity contribution in [2.75, 3.05) is 12.4 Å². The molecule has 1 rings (SSSR count). The van der Waals surface area contributed by atoms with Gasteiger partial charge in [0.1, 0.15) is 6.04 Å². The molecule has 0 bridgehead atoms. The highest BCUT2D eigenvalue weighted by Crippen LogP contribution is 2.17. The zero-order valence-corrected chi connectivity index (χ0v) is 10.1. The first-order valence-electron chi connectivity index (χ1n) is 4.98. The van der Waals surface area contributed by atoms with Crippen molar-refractivity contribution in [3.05, 3.63) is 5.89 Å². The van der Waals surface area contributed by atoms with Gasteiger partial charge >= 0.3 is 5.97 Å².